The van der Waals surface area contributed by atoms with E-state index < -0.39 is 0 Å². The maximum Gasteiger partial charge on any atom is 0.0577 e. The van der Waals surface area contributed by atoms with Crippen LogP contribution in [0.3, 0.4) is 0 Å². The van der Waals surface area contributed by atoms with Crippen molar-refractivity contribution in [1.29, 1.82) is 0 Å². The topological polar surface area (TPSA) is 20.2 Å². The number of fused-ring (bicyclic) bond motifs is 5. The Morgan fingerprint density at radius 3 is 2.59 bits per heavy atom. The summed E-state index contributed by atoms with van der Waals surface area (Å²) in [5.41, 5.74) is 4.23. The predicted octanol–water partition coefficient (Wildman–Crippen LogP) is 5.26. The standard InChI is InChI=1S/C21H32O/c1-4-14-6-8-18-17-7-5-15-13-16(22)9-11-21(15,3)19(17)10-12-20(14,18)2/h4-5,16-19,22H,6-13H2,1-3H3/b14-4+/t16-,17-,18-,19-,20+,21-/m0/s1. The second kappa shape index (κ2) is 4.97. The molecule has 22 heavy (non-hydrogen) atoms. The highest BCUT2D eigenvalue weighted by Gasteiger charge is 2.56. The molecular weight excluding hydrogens is 268 g/mol. The van der Waals surface area contributed by atoms with Gasteiger partial charge in [-0.1, -0.05) is 37.1 Å². The van der Waals surface area contributed by atoms with Crippen LogP contribution in [0.1, 0.15) is 72.1 Å². The molecule has 1 heteroatoms. The molecule has 3 fully saturated rings. The van der Waals surface area contributed by atoms with E-state index in [1.54, 1.807) is 11.1 Å². The first-order chi connectivity index (χ1) is 10.5. The van der Waals surface area contributed by atoms with Crippen LogP contribution in [0.5, 0.6) is 0 Å². The minimum atomic E-state index is -0.0779. The van der Waals surface area contributed by atoms with Crippen molar-refractivity contribution in [2.45, 2.75) is 78.2 Å². The first kappa shape index (κ1) is 15.0. The molecule has 0 amide bonds. The molecule has 0 aromatic carbocycles. The molecule has 4 aliphatic rings. The van der Waals surface area contributed by atoms with Crippen LogP contribution in [-0.2, 0) is 0 Å². The predicted molar refractivity (Wildman–Crippen MR) is 91.5 cm³/mol. The molecule has 6 atom stereocenters. The molecule has 122 valence electrons. The first-order valence-corrected chi connectivity index (χ1v) is 9.52. The highest BCUT2D eigenvalue weighted by molar-refractivity contribution is 5.29. The lowest BCUT2D eigenvalue weighted by atomic mass is 9.48. The van der Waals surface area contributed by atoms with E-state index >= 15 is 0 Å². The number of rotatable bonds is 0. The summed E-state index contributed by atoms with van der Waals surface area (Å²) in [7, 11) is 0. The van der Waals surface area contributed by atoms with Crippen molar-refractivity contribution < 1.29 is 5.11 Å². The third kappa shape index (κ3) is 1.87. The van der Waals surface area contributed by atoms with Crippen molar-refractivity contribution in [3.8, 4) is 0 Å². The maximum absolute atomic E-state index is 10.1. The molecule has 4 rings (SSSR count). The third-order valence-corrected chi connectivity index (χ3v) is 8.27. The SMILES string of the molecule is C/C=C1\CC[C@H]2[C@@H]3CC=C4C[C@@H](O)CC[C@]4(C)[C@H]3CC[C@]12C. The van der Waals surface area contributed by atoms with Gasteiger partial charge in [0, 0.05) is 0 Å². The summed E-state index contributed by atoms with van der Waals surface area (Å²) in [6, 6.07) is 0. The third-order valence-electron chi connectivity index (χ3n) is 8.27. The van der Waals surface area contributed by atoms with Gasteiger partial charge in [0.05, 0.1) is 6.10 Å². The lowest BCUT2D eigenvalue weighted by Crippen LogP contribution is -2.49. The van der Waals surface area contributed by atoms with Gasteiger partial charge in [-0.15, -0.1) is 0 Å². The van der Waals surface area contributed by atoms with Crippen molar-refractivity contribution in [1.82, 2.24) is 0 Å². The van der Waals surface area contributed by atoms with Crippen molar-refractivity contribution in [3.05, 3.63) is 23.3 Å². The zero-order chi connectivity index (χ0) is 15.5. The Morgan fingerprint density at radius 2 is 1.82 bits per heavy atom. The molecule has 0 radical (unpaired) electrons. The van der Waals surface area contributed by atoms with Crippen LogP contribution in [0.2, 0.25) is 0 Å². The maximum atomic E-state index is 10.1. The Balaban J connectivity index is 1.69. The zero-order valence-electron chi connectivity index (χ0n) is 14.6. The summed E-state index contributed by atoms with van der Waals surface area (Å²) in [4.78, 5) is 0. The number of aliphatic hydroxyl groups is 1. The number of allylic oxidation sites excluding steroid dienone is 3. The largest absolute Gasteiger partial charge is 0.393 e. The molecule has 3 saturated carbocycles. The molecule has 4 aliphatic carbocycles. The van der Waals surface area contributed by atoms with Crippen molar-refractivity contribution in [2.24, 2.45) is 28.6 Å². The number of aliphatic hydroxyl groups excluding tert-OH is 1. The second-order valence-electron chi connectivity index (χ2n) is 8.96. The van der Waals surface area contributed by atoms with E-state index in [4.69, 9.17) is 0 Å². The Kier molecular flexibility index (Phi) is 3.39. The van der Waals surface area contributed by atoms with Gasteiger partial charge in [-0.3, -0.25) is 0 Å². The van der Waals surface area contributed by atoms with E-state index in [2.05, 4.69) is 32.9 Å². The molecule has 0 aromatic heterocycles. The van der Waals surface area contributed by atoms with Crippen LogP contribution in [0.4, 0.5) is 0 Å². The van der Waals surface area contributed by atoms with E-state index in [1.807, 2.05) is 0 Å². The van der Waals surface area contributed by atoms with Gasteiger partial charge in [-0.2, -0.15) is 0 Å². The molecule has 0 aliphatic heterocycles. The second-order valence-corrected chi connectivity index (χ2v) is 8.96. The van der Waals surface area contributed by atoms with Gasteiger partial charge in [0.1, 0.15) is 0 Å². The Labute approximate surface area is 135 Å². The lowest BCUT2D eigenvalue weighted by molar-refractivity contribution is -0.0268. The molecular formula is C21H32O. The summed E-state index contributed by atoms with van der Waals surface area (Å²) in [6.45, 7) is 7.33. The average Bonchev–Trinajstić information content (AvgIpc) is 2.84. The molecule has 0 spiro atoms. The van der Waals surface area contributed by atoms with Crippen molar-refractivity contribution in [2.75, 3.05) is 0 Å². The Morgan fingerprint density at radius 1 is 1.09 bits per heavy atom. The molecule has 0 bridgehead atoms. The van der Waals surface area contributed by atoms with Crippen LogP contribution in [0.15, 0.2) is 23.3 Å². The summed E-state index contributed by atoms with van der Waals surface area (Å²) >= 11 is 0. The van der Waals surface area contributed by atoms with Crippen LogP contribution in [0.25, 0.3) is 0 Å². The molecule has 1 nitrogen and oxygen atoms in total. The quantitative estimate of drug-likeness (QED) is 0.605. The normalized spacial score (nSPS) is 52.7. The van der Waals surface area contributed by atoms with Crippen LogP contribution < -0.4 is 0 Å². The first-order valence-electron chi connectivity index (χ1n) is 9.52. The van der Waals surface area contributed by atoms with Gasteiger partial charge in [0.25, 0.3) is 0 Å². The minimum Gasteiger partial charge on any atom is -0.393 e. The van der Waals surface area contributed by atoms with Gasteiger partial charge in [-0.05, 0) is 86.9 Å². The number of hydrogen-bond acceptors (Lipinski definition) is 1. The van der Waals surface area contributed by atoms with Gasteiger partial charge >= 0.3 is 0 Å². The summed E-state index contributed by atoms with van der Waals surface area (Å²) < 4.78 is 0. The monoisotopic (exact) mass is 300 g/mol. The fourth-order valence-corrected chi connectivity index (χ4v) is 6.96. The summed E-state index contributed by atoms with van der Waals surface area (Å²) in [5.74, 6) is 2.66. The van der Waals surface area contributed by atoms with Crippen molar-refractivity contribution in [3.63, 3.8) is 0 Å². The molecule has 0 unspecified atom stereocenters. The lowest BCUT2D eigenvalue weighted by Gasteiger charge is -2.57. The Hall–Kier alpha value is -0.560. The van der Waals surface area contributed by atoms with E-state index in [9.17, 15) is 5.11 Å². The Bertz CT molecular complexity index is 530. The van der Waals surface area contributed by atoms with Gasteiger partial charge < -0.3 is 5.11 Å². The molecule has 0 aromatic rings. The molecule has 0 saturated heterocycles. The van der Waals surface area contributed by atoms with Crippen LogP contribution in [-0.4, -0.2) is 11.2 Å². The van der Waals surface area contributed by atoms with E-state index in [1.165, 1.54) is 38.5 Å². The van der Waals surface area contributed by atoms with E-state index in [-0.39, 0.29) is 6.10 Å². The van der Waals surface area contributed by atoms with Gasteiger partial charge in [-0.25, -0.2) is 0 Å². The van der Waals surface area contributed by atoms with Crippen LogP contribution >= 0.6 is 0 Å². The van der Waals surface area contributed by atoms with Crippen LogP contribution in [0, 0.1) is 28.6 Å². The van der Waals surface area contributed by atoms with E-state index in [0.29, 0.717) is 10.8 Å². The smallest absolute Gasteiger partial charge is 0.0577 e. The van der Waals surface area contributed by atoms with E-state index in [0.717, 1.165) is 30.6 Å². The fourth-order valence-electron chi connectivity index (χ4n) is 6.96. The highest BCUT2D eigenvalue weighted by atomic mass is 16.3. The number of hydrogen-bond donors (Lipinski definition) is 1. The summed E-state index contributed by atoms with van der Waals surface area (Å²) in [6.07, 6.45) is 14.9. The fraction of sp³-hybridized carbons (Fsp3) is 0.810. The zero-order valence-corrected chi connectivity index (χ0v) is 14.6. The average molecular weight is 300 g/mol. The highest BCUT2D eigenvalue weighted by Crippen LogP contribution is 2.66. The van der Waals surface area contributed by atoms with Crippen molar-refractivity contribution >= 4 is 0 Å². The van der Waals surface area contributed by atoms with Gasteiger partial charge in [0.2, 0.25) is 0 Å². The van der Waals surface area contributed by atoms with Gasteiger partial charge in [0.15, 0.2) is 0 Å². The molecule has 1 N–H and O–H groups in total. The minimum absolute atomic E-state index is 0.0779. The summed E-state index contributed by atoms with van der Waals surface area (Å²) in [5, 5.41) is 10.1. The molecule has 0 heterocycles.